The molecule has 1 aliphatic carbocycles. The largest absolute Gasteiger partial charge is 0.286 e. The minimum atomic E-state index is -0.116. The predicted molar refractivity (Wildman–Crippen MR) is 86.1 cm³/mol. The molecule has 116 valence electrons. The first kappa shape index (κ1) is 14.8. The van der Waals surface area contributed by atoms with Gasteiger partial charge in [-0.25, -0.2) is 9.69 Å². The number of hydrogen-bond donors (Lipinski definition) is 1. The lowest BCUT2D eigenvalue weighted by molar-refractivity contribution is 0.0828. The summed E-state index contributed by atoms with van der Waals surface area (Å²) < 4.78 is 1.96. The molecule has 0 bridgehead atoms. The Balaban J connectivity index is 2.03. The van der Waals surface area contributed by atoms with E-state index in [9.17, 15) is 4.79 Å². The lowest BCUT2D eigenvalue weighted by Gasteiger charge is -2.14. The molecule has 0 aliphatic heterocycles. The zero-order chi connectivity index (χ0) is 15.7. The number of aromatic nitrogens is 2. The van der Waals surface area contributed by atoms with Gasteiger partial charge < -0.3 is 0 Å². The minimum absolute atomic E-state index is 0.116. The number of rotatable bonds is 4. The summed E-state index contributed by atoms with van der Waals surface area (Å²) in [4.78, 5) is 12.5. The molecule has 1 aromatic heterocycles. The third-order valence-corrected chi connectivity index (χ3v) is 4.26. The van der Waals surface area contributed by atoms with Crippen molar-refractivity contribution in [3.8, 4) is 5.69 Å². The van der Waals surface area contributed by atoms with Gasteiger partial charge in [-0.1, -0.05) is 25.1 Å². The fourth-order valence-electron chi connectivity index (χ4n) is 2.93. The average Bonchev–Trinajstić information content (AvgIpc) is 3.09. The number of amides is 1. The molecule has 0 radical (unpaired) electrons. The van der Waals surface area contributed by atoms with Crippen LogP contribution in [0.4, 0.5) is 0 Å². The van der Waals surface area contributed by atoms with E-state index in [1.807, 2.05) is 30.8 Å². The zero-order valence-corrected chi connectivity index (χ0v) is 13.4. The fourth-order valence-corrected chi connectivity index (χ4v) is 2.93. The Morgan fingerprint density at radius 1 is 1.36 bits per heavy atom. The second-order valence-corrected chi connectivity index (χ2v) is 5.78. The van der Waals surface area contributed by atoms with Gasteiger partial charge in [0.15, 0.2) is 5.69 Å². The van der Waals surface area contributed by atoms with E-state index in [4.69, 9.17) is 0 Å². The van der Waals surface area contributed by atoms with E-state index >= 15 is 0 Å². The van der Waals surface area contributed by atoms with Crippen molar-refractivity contribution in [1.82, 2.24) is 20.2 Å². The van der Waals surface area contributed by atoms with Crippen molar-refractivity contribution >= 4 is 5.91 Å². The van der Waals surface area contributed by atoms with E-state index in [2.05, 4.69) is 29.6 Å². The van der Waals surface area contributed by atoms with E-state index in [0.717, 1.165) is 42.6 Å². The molecule has 1 aliphatic rings. The highest BCUT2D eigenvalue weighted by Crippen LogP contribution is 2.28. The summed E-state index contributed by atoms with van der Waals surface area (Å²) in [5.74, 6) is -0.116. The molecule has 0 spiro atoms. The third kappa shape index (κ3) is 2.52. The van der Waals surface area contributed by atoms with Crippen molar-refractivity contribution in [2.45, 2.75) is 33.1 Å². The van der Waals surface area contributed by atoms with Crippen LogP contribution in [-0.2, 0) is 12.8 Å². The number of benzene rings is 1. The smallest absolute Gasteiger partial charge is 0.284 e. The molecular formula is C17H22N4O. The first-order valence-electron chi connectivity index (χ1n) is 7.80. The monoisotopic (exact) mass is 298 g/mol. The number of hydrogen-bond acceptors (Lipinski definition) is 3. The Morgan fingerprint density at radius 3 is 2.86 bits per heavy atom. The van der Waals surface area contributed by atoms with Crippen LogP contribution in [0.25, 0.3) is 5.69 Å². The van der Waals surface area contributed by atoms with Crippen LogP contribution in [0, 0.1) is 6.92 Å². The van der Waals surface area contributed by atoms with Gasteiger partial charge >= 0.3 is 0 Å². The van der Waals surface area contributed by atoms with Gasteiger partial charge in [-0.05, 0) is 37.8 Å². The number of nitrogens with one attached hydrogen (secondary N) is 1. The van der Waals surface area contributed by atoms with Gasteiger partial charge in [-0.15, -0.1) is 0 Å². The lowest BCUT2D eigenvalue weighted by Crippen LogP contribution is -2.39. The second kappa shape index (κ2) is 5.93. The van der Waals surface area contributed by atoms with Crippen molar-refractivity contribution in [1.29, 1.82) is 0 Å². The molecule has 0 atom stereocenters. The maximum Gasteiger partial charge on any atom is 0.286 e. The summed E-state index contributed by atoms with van der Waals surface area (Å²) >= 11 is 0. The van der Waals surface area contributed by atoms with Crippen LogP contribution in [0.2, 0.25) is 0 Å². The number of nitrogens with zero attached hydrogens (tertiary/aromatic N) is 3. The molecule has 0 unspecified atom stereocenters. The summed E-state index contributed by atoms with van der Waals surface area (Å²) in [5.41, 5.74) is 7.94. The molecule has 0 fully saturated rings. The molecule has 1 amide bonds. The van der Waals surface area contributed by atoms with Crippen LogP contribution in [0.15, 0.2) is 24.3 Å². The SMILES string of the molecule is CCN(C)NC(=O)c1nn(-c2ccccc2C)c2c1CCC2. The number of fused-ring (bicyclic) bond motifs is 1. The number of aryl methyl sites for hydroxylation is 1. The van der Waals surface area contributed by atoms with Gasteiger partial charge in [0, 0.05) is 24.8 Å². The maximum atomic E-state index is 12.5. The summed E-state index contributed by atoms with van der Waals surface area (Å²) in [6.07, 6.45) is 3.00. The normalized spacial score (nSPS) is 13.5. The Bertz CT molecular complexity index is 705. The van der Waals surface area contributed by atoms with Gasteiger partial charge in [0.25, 0.3) is 5.91 Å². The zero-order valence-electron chi connectivity index (χ0n) is 13.4. The van der Waals surface area contributed by atoms with Crippen LogP contribution in [0.1, 0.15) is 40.7 Å². The summed E-state index contributed by atoms with van der Waals surface area (Å²) in [5, 5.41) is 6.40. The molecule has 3 rings (SSSR count). The summed E-state index contributed by atoms with van der Waals surface area (Å²) in [6, 6.07) is 8.16. The molecule has 22 heavy (non-hydrogen) atoms. The number of hydrazine groups is 1. The standard InChI is InChI=1S/C17H22N4O/c1-4-20(3)19-17(22)16-13-9-7-11-15(13)21(18-16)14-10-6-5-8-12(14)2/h5-6,8,10H,4,7,9,11H2,1-3H3,(H,19,22). The van der Waals surface area contributed by atoms with E-state index in [1.54, 1.807) is 5.01 Å². The average molecular weight is 298 g/mol. The van der Waals surface area contributed by atoms with Crippen molar-refractivity contribution in [2.75, 3.05) is 13.6 Å². The van der Waals surface area contributed by atoms with Gasteiger partial charge in [-0.3, -0.25) is 10.2 Å². The Kier molecular flexibility index (Phi) is 3.98. The van der Waals surface area contributed by atoms with Gasteiger partial charge in [0.1, 0.15) is 0 Å². The van der Waals surface area contributed by atoms with Crippen molar-refractivity contribution in [3.63, 3.8) is 0 Å². The molecule has 1 aromatic carbocycles. The highest BCUT2D eigenvalue weighted by Gasteiger charge is 2.27. The molecule has 0 saturated carbocycles. The first-order valence-corrected chi connectivity index (χ1v) is 7.80. The van der Waals surface area contributed by atoms with Crippen LogP contribution in [0.5, 0.6) is 0 Å². The van der Waals surface area contributed by atoms with E-state index in [0.29, 0.717) is 5.69 Å². The van der Waals surface area contributed by atoms with E-state index in [1.165, 1.54) is 5.69 Å². The first-order chi connectivity index (χ1) is 10.6. The Labute approximate surface area is 130 Å². The second-order valence-electron chi connectivity index (χ2n) is 5.78. The van der Waals surface area contributed by atoms with Crippen molar-refractivity contribution in [3.05, 3.63) is 46.8 Å². The maximum absolute atomic E-state index is 12.5. The van der Waals surface area contributed by atoms with Crippen LogP contribution < -0.4 is 5.43 Å². The highest BCUT2D eigenvalue weighted by atomic mass is 16.2. The molecule has 1 N–H and O–H groups in total. The highest BCUT2D eigenvalue weighted by molar-refractivity contribution is 5.94. The topological polar surface area (TPSA) is 50.2 Å². The minimum Gasteiger partial charge on any atom is -0.284 e. The van der Waals surface area contributed by atoms with Crippen LogP contribution in [-0.4, -0.2) is 34.3 Å². The fraction of sp³-hybridized carbons (Fsp3) is 0.412. The molecule has 5 nitrogen and oxygen atoms in total. The number of carbonyl (C=O) groups is 1. The van der Waals surface area contributed by atoms with Crippen LogP contribution in [0.3, 0.4) is 0 Å². The van der Waals surface area contributed by atoms with Gasteiger partial charge in [0.2, 0.25) is 0 Å². The van der Waals surface area contributed by atoms with Gasteiger partial charge in [0.05, 0.1) is 5.69 Å². The Hall–Kier alpha value is -2.14. The predicted octanol–water partition coefficient (Wildman–Crippen LogP) is 2.27. The molecule has 5 heteroatoms. The van der Waals surface area contributed by atoms with Crippen molar-refractivity contribution in [2.24, 2.45) is 0 Å². The molecule has 2 aromatic rings. The molecular weight excluding hydrogens is 276 g/mol. The summed E-state index contributed by atoms with van der Waals surface area (Å²) in [6.45, 7) is 4.83. The molecule has 0 saturated heterocycles. The Morgan fingerprint density at radius 2 is 2.14 bits per heavy atom. The van der Waals surface area contributed by atoms with Crippen LogP contribution >= 0.6 is 0 Å². The molecule has 1 heterocycles. The summed E-state index contributed by atoms with van der Waals surface area (Å²) in [7, 11) is 1.86. The third-order valence-electron chi connectivity index (χ3n) is 4.26. The lowest BCUT2D eigenvalue weighted by atomic mass is 10.2. The number of para-hydroxylation sites is 1. The van der Waals surface area contributed by atoms with E-state index in [-0.39, 0.29) is 5.91 Å². The quantitative estimate of drug-likeness (QED) is 0.881. The number of carbonyl (C=O) groups excluding carboxylic acids is 1. The van der Waals surface area contributed by atoms with E-state index < -0.39 is 0 Å². The van der Waals surface area contributed by atoms with Crippen molar-refractivity contribution < 1.29 is 4.79 Å². The van der Waals surface area contributed by atoms with Gasteiger partial charge in [-0.2, -0.15) is 5.10 Å².